The lowest BCUT2D eigenvalue weighted by Gasteiger charge is -2.32. The zero-order valence-electron chi connectivity index (χ0n) is 27.0. The molecule has 4 heterocycles. The minimum atomic E-state index is -0.836. The summed E-state index contributed by atoms with van der Waals surface area (Å²) < 4.78 is 49.8. The van der Waals surface area contributed by atoms with Crippen LogP contribution in [0.15, 0.2) is 87.7 Å². The van der Waals surface area contributed by atoms with E-state index in [9.17, 15) is 0 Å². The number of hydrogen-bond donors (Lipinski definition) is 0. The van der Waals surface area contributed by atoms with Crippen LogP contribution in [-0.4, -0.2) is 36.6 Å². The molecule has 10 heteroatoms. The zero-order valence-corrected chi connectivity index (χ0v) is 27.0. The fourth-order valence-electron chi connectivity index (χ4n) is 5.42. The standard InChI is InChI=1S/C35H38B2O8/c1-32(2)33(3,4)43-36(42-32)25-14-16-27-23(18-25)20-29(38-27)40-31(22-12-10-9-11-13-22)41-30-21-24-19-26(15-17-28(24)39-30)37-44-34(5,6)35(7,8)45-37/h9-21,31H,1-8H3. The summed E-state index contributed by atoms with van der Waals surface area (Å²) >= 11 is 0. The van der Waals surface area contributed by atoms with Gasteiger partial charge in [-0.25, -0.2) is 0 Å². The quantitative estimate of drug-likeness (QED) is 0.145. The van der Waals surface area contributed by atoms with Gasteiger partial charge in [-0.3, -0.25) is 0 Å². The highest BCUT2D eigenvalue weighted by Crippen LogP contribution is 2.39. The van der Waals surface area contributed by atoms with E-state index in [1.807, 2.05) is 134 Å². The molecule has 0 saturated carbocycles. The summed E-state index contributed by atoms with van der Waals surface area (Å²) in [4.78, 5) is 0. The van der Waals surface area contributed by atoms with E-state index in [2.05, 4.69) is 0 Å². The van der Waals surface area contributed by atoms with Crippen molar-refractivity contribution in [1.29, 1.82) is 0 Å². The lowest BCUT2D eigenvalue weighted by atomic mass is 9.79. The van der Waals surface area contributed by atoms with E-state index in [4.69, 9.17) is 36.9 Å². The molecule has 0 amide bonds. The third-order valence-electron chi connectivity index (χ3n) is 9.60. The van der Waals surface area contributed by atoms with Gasteiger partial charge in [0.15, 0.2) is 0 Å². The molecule has 0 spiro atoms. The molecule has 5 aromatic rings. The largest absolute Gasteiger partial charge is 0.494 e. The molecule has 0 atom stereocenters. The Hall–Kier alpha value is -3.69. The number of furan rings is 2. The molecule has 8 nitrogen and oxygen atoms in total. The van der Waals surface area contributed by atoms with Crippen LogP contribution in [0.25, 0.3) is 21.9 Å². The molecule has 2 aromatic heterocycles. The van der Waals surface area contributed by atoms with Gasteiger partial charge in [0.2, 0.25) is 0 Å². The van der Waals surface area contributed by atoms with Crippen molar-refractivity contribution in [2.45, 2.75) is 84.1 Å². The molecule has 0 unspecified atom stereocenters. The van der Waals surface area contributed by atoms with Gasteiger partial charge in [-0.15, -0.1) is 0 Å². The Morgan fingerprint density at radius 2 is 0.911 bits per heavy atom. The molecule has 0 radical (unpaired) electrons. The number of rotatable bonds is 7. The second-order valence-corrected chi connectivity index (χ2v) is 13.9. The van der Waals surface area contributed by atoms with Gasteiger partial charge in [0.05, 0.1) is 22.4 Å². The summed E-state index contributed by atoms with van der Waals surface area (Å²) in [6, 6.07) is 25.1. The molecule has 3 aromatic carbocycles. The van der Waals surface area contributed by atoms with Crippen molar-refractivity contribution in [3.63, 3.8) is 0 Å². The van der Waals surface area contributed by atoms with E-state index in [1.165, 1.54) is 0 Å². The second-order valence-electron chi connectivity index (χ2n) is 13.9. The maximum absolute atomic E-state index is 6.32. The van der Waals surface area contributed by atoms with Crippen molar-refractivity contribution in [1.82, 2.24) is 0 Å². The Morgan fingerprint density at radius 1 is 0.511 bits per heavy atom. The molecular weight excluding hydrogens is 570 g/mol. The summed E-state index contributed by atoms with van der Waals surface area (Å²) in [7, 11) is -0.949. The average molecular weight is 608 g/mol. The molecule has 0 aliphatic carbocycles. The lowest BCUT2D eigenvalue weighted by molar-refractivity contribution is -0.0263. The highest BCUT2D eigenvalue weighted by molar-refractivity contribution is 6.62. The maximum atomic E-state index is 6.32. The molecule has 0 bridgehead atoms. The molecule has 7 rings (SSSR count). The molecule has 2 saturated heterocycles. The molecule has 0 N–H and O–H groups in total. The number of benzene rings is 3. The predicted molar refractivity (Wildman–Crippen MR) is 174 cm³/mol. The molecule has 2 aliphatic rings. The summed E-state index contributed by atoms with van der Waals surface area (Å²) in [6.07, 6.45) is -0.836. The third-order valence-corrected chi connectivity index (χ3v) is 9.60. The highest BCUT2D eigenvalue weighted by Gasteiger charge is 2.52. The average Bonchev–Trinajstić information content (AvgIpc) is 3.68. The van der Waals surface area contributed by atoms with Crippen molar-refractivity contribution >= 4 is 47.1 Å². The van der Waals surface area contributed by atoms with Crippen LogP contribution in [0.3, 0.4) is 0 Å². The van der Waals surface area contributed by atoms with Crippen LogP contribution in [0.5, 0.6) is 11.9 Å². The van der Waals surface area contributed by atoms with Crippen LogP contribution in [0, 0.1) is 0 Å². The van der Waals surface area contributed by atoms with Gasteiger partial charge >= 0.3 is 14.2 Å². The molecule has 45 heavy (non-hydrogen) atoms. The smallest absolute Gasteiger partial charge is 0.426 e. The van der Waals surface area contributed by atoms with Crippen LogP contribution < -0.4 is 20.4 Å². The Balaban J connectivity index is 1.13. The van der Waals surface area contributed by atoms with E-state index >= 15 is 0 Å². The Kier molecular flexibility index (Phi) is 6.95. The second kappa shape index (κ2) is 10.4. The third kappa shape index (κ3) is 5.44. The van der Waals surface area contributed by atoms with E-state index < -0.39 is 42.9 Å². The van der Waals surface area contributed by atoms with Crippen molar-refractivity contribution in [2.24, 2.45) is 0 Å². The van der Waals surface area contributed by atoms with Crippen molar-refractivity contribution in [3.05, 3.63) is 84.4 Å². The van der Waals surface area contributed by atoms with E-state index in [-0.39, 0.29) is 0 Å². The van der Waals surface area contributed by atoms with Gasteiger partial charge < -0.3 is 36.9 Å². The first kappa shape index (κ1) is 30.0. The number of hydrogen-bond acceptors (Lipinski definition) is 8. The van der Waals surface area contributed by atoms with Gasteiger partial charge in [-0.2, -0.15) is 0 Å². The lowest BCUT2D eigenvalue weighted by Crippen LogP contribution is -2.41. The molecule has 232 valence electrons. The summed E-state index contributed by atoms with van der Waals surface area (Å²) in [5.74, 6) is 0.619. The highest BCUT2D eigenvalue weighted by atomic mass is 16.7. The first-order valence-electron chi connectivity index (χ1n) is 15.4. The van der Waals surface area contributed by atoms with E-state index in [0.29, 0.717) is 23.1 Å². The zero-order chi connectivity index (χ0) is 31.8. The van der Waals surface area contributed by atoms with Crippen molar-refractivity contribution in [2.75, 3.05) is 0 Å². The monoisotopic (exact) mass is 608 g/mol. The van der Waals surface area contributed by atoms with Gasteiger partial charge in [0, 0.05) is 28.5 Å². The van der Waals surface area contributed by atoms with Gasteiger partial charge in [-0.05, 0) is 78.4 Å². The van der Waals surface area contributed by atoms with Crippen molar-refractivity contribution < 1.29 is 36.9 Å². The number of fused-ring (bicyclic) bond motifs is 2. The fourth-order valence-corrected chi connectivity index (χ4v) is 5.42. The van der Waals surface area contributed by atoms with Crippen LogP contribution in [0.2, 0.25) is 0 Å². The Labute approximate surface area is 264 Å². The first-order valence-corrected chi connectivity index (χ1v) is 15.4. The Bertz CT molecular complexity index is 1710. The number of ether oxygens (including phenoxy) is 2. The SMILES string of the molecule is CC1(C)OB(c2ccc3oc(OC(Oc4cc5cc(B6OC(C)(C)C(C)(C)O6)ccc5o4)c4ccccc4)cc3c2)OC1(C)C. The summed E-state index contributed by atoms with van der Waals surface area (Å²) in [5, 5.41) is 1.73. The van der Waals surface area contributed by atoms with Crippen molar-refractivity contribution in [3.8, 4) is 11.9 Å². The first-order chi connectivity index (χ1) is 21.2. The Morgan fingerprint density at radius 3 is 1.31 bits per heavy atom. The van der Waals surface area contributed by atoms with Crippen LogP contribution >= 0.6 is 0 Å². The van der Waals surface area contributed by atoms with Gasteiger partial charge in [0.1, 0.15) is 11.2 Å². The normalized spacial score (nSPS) is 20.0. The van der Waals surface area contributed by atoms with E-state index in [0.717, 1.165) is 27.3 Å². The minimum absolute atomic E-state index is 0.309. The summed E-state index contributed by atoms with van der Waals surface area (Å²) in [5.41, 5.74) is 2.26. The summed E-state index contributed by atoms with van der Waals surface area (Å²) in [6.45, 7) is 16.3. The molecular formula is C35H38B2O8. The van der Waals surface area contributed by atoms with Gasteiger partial charge in [-0.1, -0.05) is 54.6 Å². The van der Waals surface area contributed by atoms with Crippen LogP contribution in [0.4, 0.5) is 0 Å². The van der Waals surface area contributed by atoms with Crippen LogP contribution in [-0.2, 0) is 18.6 Å². The van der Waals surface area contributed by atoms with E-state index in [1.54, 1.807) is 0 Å². The predicted octanol–water partition coefficient (Wildman–Crippen LogP) is 6.93. The van der Waals surface area contributed by atoms with Gasteiger partial charge in [0.25, 0.3) is 18.2 Å². The topological polar surface area (TPSA) is 81.7 Å². The van der Waals surface area contributed by atoms with Crippen LogP contribution in [0.1, 0.15) is 67.2 Å². The molecule has 2 fully saturated rings. The fraction of sp³-hybridized carbons (Fsp3) is 0.371. The molecule has 2 aliphatic heterocycles. The maximum Gasteiger partial charge on any atom is 0.494 e. The minimum Gasteiger partial charge on any atom is -0.426 e.